The molecule has 3 unspecified atom stereocenters. The number of carbonyl (C=O) groups is 9. The first-order chi connectivity index (χ1) is 25.3. The molecule has 1 heterocycles. The first-order valence-corrected chi connectivity index (χ1v) is 21.2. The Balaban J connectivity index is 2.37. The van der Waals surface area contributed by atoms with Crippen molar-refractivity contribution in [3.63, 3.8) is 0 Å². The molecule has 300 valence electrons. The van der Waals surface area contributed by atoms with Gasteiger partial charge in [0.2, 0.25) is 47.3 Å². The number of hydrogen-bond acceptors (Lipinski definition) is 12. The summed E-state index contributed by atoms with van der Waals surface area (Å²) >= 11 is 1.09. The van der Waals surface area contributed by atoms with Gasteiger partial charge in [-0.2, -0.15) is 0 Å². The summed E-state index contributed by atoms with van der Waals surface area (Å²) in [4.78, 5) is 111. The van der Waals surface area contributed by atoms with Gasteiger partial charge in [-0.3, -0.25) is 43.3 Å². The Morgan fingerprint density at radius 3 is 1.94 bits per heavy atom. The molecule has 1 fully saturated rings. The van der Waals surface area contributed by atoms with Crippen molar-refractivity contribution >= 4 is 86.6 Å². The lowest BCUT2D eigenvalue weighted by Crippen LogP contribution is -2.48. The van der Waals surface area contributed by atoms with Crippen LogP contribution >= 0.6 is 33.3 Å². The van der Waals surface area contributed by atoms with E-state index in [0.717, 1.165) is 22.4 Å². The number of nitrogens with one attached hydrogen (secondary N) is 8. The van der Waals surface area contributed by atoms with Gasteiger partial charge in [0.25, 0.3) is 0 Å². The molecule has 1 aliphatic rings. The Hall–Kier alpha value is -3.72. The van der Waals surface area contributed by atoms with E-state index in [2.05, 4.69) is 42.5 Å². The van der Waals surface area contributed by atoms with E-state index < -0.39 is 46.9 Å². The molecule has 0 radical (unpaired) electrons. The van der Waals surface area contributed by atoms with Gasteiger partial charge >= 0.3 is 6.03 Å². The van der Waals surface area contributed by atoms with E-state index in [4.69, 9.17) is 0 Å². The second-order valence-electron chi connectivity index (χ2n) is 11.7. The predicted molar refractivity (Wildman–Crippen MR) is 206 cm³/mol. The molecule has 18 nitrogen and oxygen atoms in total. The van der Waals surface area contributed by atoms with Crippen molar-refractivity contribution in [1.29, 1.82) is 0 Å². The zero-order valence-corrected chi connectivity index (χ0v) is 33.3. The number of imide groups is 1. The SMILES string of the molecule is CCNC(=O)C(CSC1CC(=O)N(CCC(=O)NC(CCCCNC(=O)CCNC(=O)NCCSSCCNC(C)=O)C(=O)NCC)C1=O)NC(C)=O. The maximum absolute atomic E-state index is 12.9. The molecule has 1 aliphatic heterocycles. The number of carbonyl (C=O) groups excluding carboxylic acids is 9. The highest BCUT2D eigenvalue weighted by Crippen LogP contribution is 2.26. The minimum Gasteiger partial charge on any atom is -0.356 e. The fraction of sp³-hybridized carbons (Fsp3) is 0.719. The van der Waals surface area contributed by atoms with Crippen LogP contribution in [0, 0.1) is 0 Å². The second kappa shape index (κ2) is 27.8. The molecular weight excluding hydrogens is 751 g/mol. The third-order valence-electron chi connectivity index (χ3n) is 7.27. The fourth-order valence-corrected chi connectivity index (χ4v) is 7.74. The Kier molecular flexibility index (Phi) is 24.8. The van der Waals surface area contributed by atoms with Gasteiger partial charge in [0.05, 0.1) is 5.25 Å². The Morgan fingerprint density at radius 2 is 1.32 bits per heavy atom. The highest BCUT2D eigenvalue weighted by atomic mass is 33.1. The summed E-state index contributed by atoms with van der Waals surface area (Å²) in [6.45, 7) is 8.32. The number of urea groups is 1. The van der Waals surface area contributed by atoms with E-state index >= 15 is 0 Å². The van der Waals surface area contributed by atoms with Gasteiger partial charge in [0, 0.05) is 96.2 Å². The zero-order valence-electron chi connectivity index (χ0n) is 30.9. The van der Waals surface area contributed by atoms with Crippen LogP contribution in [0.3, 0.4) is 0 Å². The number of nitrogens with zero attached hydrogens (tertiary/aromatic N) is 1. The average molecular weight is 806 g/mol. The van der Waals surface area contributed by atoms with Gasteiger partial charge < -0.3 is 42.5 Å². The molecule has 1 rings (SSSR count). The number of unbranched alkanes of at least 4 members (excludes halogenated alkanes) is 1. The monoisotopic (exact) mass is 805 g/mol. The fourth-order valence-electron chi connectivity index (χ4n) is 4.74. The van der Waals surface area contributed by atoms with Crippen molar-refractivity contribution in [3.8, 4) is 0 Å². The molecule has 0 aromatic rings. The number of rotatable bonds is 27. The smallest absolute Gasteiger partial charge is 0.314 e. The van der Waals surface area contributed by atoms with Crippen LogP contribution in [0.5, 0.6) is 0 Å². The summed E-state index contributed by atoms with van der Waals surface area (Å²) in [5.74, 6) is -1.39. The molecule has 53 heavy (non-hydrogen) atoms. The topological polar surface area (TPSA) is 253 Å². The van der Waals surface area contributed by atoms with Crippen LogP contribution in [-0.4, -0.2) is 139 Å². The maximum atomic E-state index is 12.9. The Morgan fingerprint density at radius 1 is 0.698 bits per heavy atom. The molecule has 3 atom stereocenters. The van der Waals surface area contributed by atoms with E-state index in [1.165, 1.54) is 13.8 Å². The van der Waals surface area contributed by atoms with E-state index in [9.17, 15) is 43.2 Å². The highest BCUT2D eigenvalue weighted by molar-refractivity contribution is 8.76. The third kappa shape index (κ3) is 21.5. The van der Waals surface area contributed by atoms with Crippen LogP contribution in [0.15, 0.2) is 0 Å². The minimum absolute atomic E-state index is 0.0689. The first kappa shape index (κ1) is 47.3. The Bertz CT molecular complexity index is 1260. The van der Waals surface area contributed by atoms with Gasteiger partial charge in [0.1, 0.15) is 12.1 Å². The van der Waals surface area contributed by atoms with Crippen molar-refractivity contribution in [2.75, 3.05) is 63.1 Å². The van der Waals surface area contributed by atoms with E-state index in [1.54, 1.807) is 35.4 Å². The van der Waals surface area contributed by atoms with Gasteiger partial charge in [-0.1, -0.05) is 21.6 Å². The molecule has 0 bridgehead atoms. The molecule has 0 saturated carbocycles. The van der Waals surface area contributed by atoms with Crippen molar-refractivity contribution in [3.05, 3.63) is 0 Å². The van der Waals surface area contributed by atoms with E-state index in [1.807, 2.05) is 0 Å². The van der Waals surface area contributed by atoms with Crippen LogP contribution in [0.2, 0.25) is 0 Å². The van der Waals surface area contributed by atoms with Crippen LogP contribution < -0.4 is 42.5 Å². The summed E-state index contributed by atoms with van der Waals surface area (Å²) in [7, 11) is 3.18. The number of likely N-dealkylation sites (N-methyl/N-ethyl adjacent to an activating group) is 2. The molecule has 1 saturated heterocycles. The molecule has 0 aromatic heterocycles. The molecule has 8 N–H and O–H groups in total. The van der Waals surface area contributed by atoms with Gasteiger partial charge in [-0.15, -0.1) is 11.8 Å². The molecular formula is C32H55N9O9S3. The normalized spacial score (nSPS) is 14.8. The van der Waals surface area contributed by atoms with Crippen LogP contribution in [0.4, 0.5) is 4.79 Å². The lowest BCUT2D eigenvalue weighted by Gasteiger charge is -2.20. The second-order valence-corrected chi connectivity index (χ2v) is 15.7. The number of hydrogen-bond donors (Lipinski definition) is 8. The summed E-state index contributed by atoms with van der Waals surface area (Å²) in [6, 6.07) is -2.09. The molecule has 10 amide bonds. The number of amides is 10. The van der Waals surface area contributed by atoms with Crippen molar-refractivity contribution in [2.24, 2.45) is 0 Å². The van der Waals surface area contributed by atoms with Crippen molar-refractivity contribution < 1.29 is 43.2 Å². The van der Waals surface area contributed by atoms with Gasteiger partial charge in [-0.05, 0) is 33.1 Å². The minimum atomic E-state index is -0.871. The van der Waals surface area contributed by atoms with Gasteiger partial charge in [0.15, 0.2) is 0 Å². The predicted octanol–water partition coefficient (Wildman–Crippen LogP) is -1.01. The van der Waals surface area contributed by atoms with E-state index in [-0.39, 0.29) is 61.9 Å². The summed E-state index contributed by atoms with van der Waals surface area (Å²) in [6.07, 6.45) is 1.12. The van der Waals surface area contributed by atoms with Crippen molar-refractivity contribution in [2.45, 2.75) is 83.6 Å². The standard InChI is InChI=1S/C32H55N9O9S3/c1-5-33-29(47)23(9-7-8-12-36-26(44)10-13-37-32(50)38-15-18-53-52-17-14-35-21(3)42)40-27(45)11-16-41-28(46)19-25(31(41)49)51-20-24(39-22(4)43)30(48)34-6-2/h23-25H,5-20H2,1-4H3,(H,33,47)(H,34,48)(H,35,42)(H,36,44)(H,39,43)(H,40,45)(H2,37,38,50). The summed E-state index contributed by atoms with van der Waals surface area (Å²) in [5, 5.41) is 20.6. The molecule has 0 aliphatic carbocycles. The molecule has 0 aromatic carbocycles. The number of thioether (sulfide) groups is 1. The number of likely N-dealkylation sites (tertiary alicyclic amines) is 1. The zero-order chi connectivity index (χ0) is 39.6. The van der Waals surface area contributed by atoms with Crippen LogP contribution in [0.1, 0.15) is 66.2 Å². The maximum Gasteiger partial charge on any atom is 0.314 e. The largest absolute Gasteiger partial charge is 0.356 e. The first-order valence-electron chi connectivity index (χ1n) is 17.6. The molecule has 0 spiro atoms. The molecule has 21 heteroatoms. The Labute approximate surface area is 322 Å². The lowest BCUT2D eigenvalue weighted by molar-refractivity contribution is -0.139. The van der Waals surface area contributed by atoms with E-state index in [0.29, 0.717) is 57.7 Å². The van der Waals surface area contributed by atoms with Crippen molar-refractivity contribution in [1.82, 2.24) is 47.4 Å². The van der Waals surface area contributed by atoms with Crippen LogP contribution in [-0.2, 0) is 38.4 Å². The lowest BCUT2D eigenvalue weighted by atomic mass is 10.1. The average Bonchev–Trinajstić information content (AvgIpc) is 3.36. The quantitative estimate of drug-likeness (QED) is 0.0283. The summed E-state index contributed by atoms with van der Waals surface area (Å²) in [5.41, 5.74) is 0. The third-order valence-corrected chi connectivity index (χ3v) is 11.0. The summed E-state index contributed by atoms with van der Waals surface area (Å²) < 4.78 is 0. The highest BCUT2D eigenvalue weighted by Gasteiger charge is 2.39. The van der Waals surface area contributed by atoms with Gasteiger partial charge in [-0.25, -0.2) is 4.79 Å². The van der Waals surface area contributed by atoms with Crippen LogP contribution in [0.25, 0.3) is 0 Å².